The standard InChI is InChI=1S/C13H19BrN2O/c1-13(2)9-16(5-6-17-13)8-10-3-4-11(14)7-12(10)15/h3-4,7H,5-6,8-9,15H2,1-2H3. The van der Waals surface area contributed by atoms with Crippen molar-refractivity contribution in [3.8, 4) is 0 Å². The third-order valence-electron chi connectivity index (χ3n) is 3.01. The van der Waals surface area contributed by atoms with Gasteiger partial charge in [-0.2, -0.15) is 0 Å². The zero-order valence-corrected chi connectivity index (χ0v) is 12.0. The van der Waals surface area contributed by atoms with Crippen LogP contribution in [-0.2, 0) is 11.3 Å². The van der Waals surface area contributed by atoms with E-state index < -0.39 is 0 Å². The lowest BCUT2D eigenvalue weighted by molar-refractivity contribution is -0.0882. The maximum Gasteiger partial charge on any atom is 0.0753 e. The number of nitrogens with two attached hydrogens (primary N) is 1. The van der Waals surface area contributed by atoms with Crippen molar-refractivity contribution in [1.82, 2.24) is 4.90 Å². The molecule has 0 radical (unpaired) electrons. The molecule has 0 aromatic heterocycles. The largest absolute Gasteiger partial charge is 0.398 e. The van der Waals surface area contributed by atoms with Crippen LogP contribution in [0.5, 0.6) is 0 Å². The zero-order valence-electron chi connectivity index (χ0n) is 10.4. The number of anilines is 1. The van der Waals surface area contributed by atoms with Gasteiger partial charge in [0.1, 0.15) is 0 Å². The highest BCUT2D eigenvalue weighted by atomic mass is 79.9. The minimum atomic E-state index is -0.0532. The number of benzene rings is 1. The van der Waals surface area contributed by atoms with Crippen LogP contribution in [0.4, 0.5) is 5.69 Å². The zero-order chi connectivity index (χ0) is 12.5. The van der Waals surface area contributed by atoms with Crippen molar-refractivity contribution in [1.29, 1.82) is 0 Å². The van der Waals surface area contributed by atoms with Crippen LogP contribution in [0.1, 0.15) is 19.4 Å². The fraction of sp³-hybridized carbons (Fsp3) is 0.538. The van der Waals surface area contributed by atoms with Crippen LogP contribution < -0.4 is 5.73 Å². The molecule has 1 aromatic carbocycles. The van der Waals surface area contributed by atoms with E-state index in [0.29, 0.717) is 0 Å². The van der Waals surface area contributed by atoms with E-state index in [9.17, 15) is 0 Å². The molecular weight excluding hydrogens is 280 g/mol. The maximum atomic E-state index is 6.02. The molecule has 0 unspecified atom stereocenters. The predicted molar refractivity (Wildman–Crippen MR) is 73.9 cm³/mol. The SMILES string of the molecule is CC1(C)CN(Cc2ccc(Br)cc2N)CCO1. The van der Waals surface area contributed by atoms with Crippen LogP contribution in [0.2, 0.25) is 0 Å². The second-order valence-electron chi connectivity index (χ2n) is 5.16. The van der Waals surface area contributed by atoms with Gasteiger partial charge in [0, 0.05) is 29.8 Å². The fourth-order valence-corrected chi connectivity index (χ4v) is 2.58. The summed E-state index contributed by atoms with van der Waals surface area (Å²) in [5.41, 5.74) is 8.00. The number of rotatable bonds is 2. The van der Waals surface area contributed by atoms with Gasteiger partial charge < -0.3 is 10.5 Å². The summed E-state index contributed by atoms with van der Waals surface area (Å²) in [4.78, 5) is 2.39. The van der Waals surface area contributed by atoms with Crippen molar-refractivity contribution in [3.63, 3.8) is 0 Å². The molecule has 1 fully saturated rings. The molecule has 4 heteroatoms. The van der Waals surface area contributed by atoms with E-state index in [1.54, 1.807) is 0 Å². The average molecular weight is 299 g/mol. The lowest BCUT2D eigenvalue weighted by atomic mass is 10.1. The Labute approximate surface area is 111 Å². The van der Waals surface area contributed by atoms with Crippen molar-refractivity contribution in [3.05, 3.63) is 28.2 Å². The lowest BCUT2D eigenvalue weighted by Crippen LogP contribution is -2.47. The molecule has 2 rings (SSSR count). The van der Waals surface area contributed by atoms with Crippen molar-refractivity contribution in [2.24, 2.45) is 0 Å². The summed E-state index contributed by atoms with van der Waals surface area (Å²) >= 11 is 3.43. The maximum absolute atomic E-state index is 6.02. The molecule has 1 heterocycles. The number of hydrogen-bond donors (Lipinski definition) is 1. The highest BCUT2D eigenvalue weighted by Gasteiger charge is 2.27. The van der Waals surface area contributed by atoms with Gasteiger partial charge in [0.15, 0.2) is 0 Å². The lowest BCUT2D eigenvalue weighted by Gasteiger charge is -2.38. The Hall–Kier alpha value is -0.580. The van der Waals surface area contributed by atoms with Gasteiger partial charge in [-0.3, -0.25) is 4.90 Å². The Bertz CT molecular complexity index is 406. The van der Waals surface area contributed by atoms with Gasteiger partial charge in [0.2, 0.25) is 0 Å². The molecule has 0 spiro atoms. The molecule has 0 aliphatic carbocycles. The van der Waals surface area contributed by atoms with E-state index in [-0.39, 0.29) is 5.60 Å². The minimum Gasteiger partial charge on any atom is -0.398 e. The second kappa shape index (κ2) is 4.96. The normalized spacial score (nSPS) is 20.4. The molecule has 1 aliphatic heterocycles. The molecule has 0 atom stereocenters. The van der Waals surface area contributed by atoms with E-state index in [1.807, 2.05) is 12.1 Å². The molecule has 1 aromatic rings. The molecule has 1 aliphatic rings. The van der Waals surface area contributed by atoms with Gasteiger partial charge >= 0.3 is 0 Å². The van der Waals surface area contributed by atoms with E-state index >= 15 is 0 Å². The monoisotopic (exact) mass is 298 g/mol. The molecule has 0 amide bonds. The first-order chi connectivity index (χ1) is 7.96. The predicted octanol–water partition coefficient (Wildman–Crippen LogP) is 2.64. The third-order valence-corrected chi connectivity index (χ3v) is 3.50. The van der Waals surface area contributed by atoms with E-state index in [1.165, 1.54) is 5.56 Å². The molecule has 17 heavy (non-hydrogen) atoms. The van der Waals surface area contributed by atoms with Crippen molar-refractivity contribution >= 4 is 21.6 Å². The number of halogens is 1. The Balaban J connectivity index is 2.05. The molecule has 0 saturated carbocycles. The van der Waals surface area contributed by atoms with Crippen LogP contribution in [0.25, 0.3) is 0 Å². The number of ether oxygens (including phenoxy) is 1. The molecule has 94 valence electrons. The summed E-state index contributed by atoms with van der Waals surface area (Å²) in [6, 6.07) is 6.08. The van der Waals surface area contributed by atoms with Gasteiger partial charge in [-0.25, -0.2) is 0 Å². The minimum absolute atomic E-state index is 0.0532. The van der Waals surface area contributed by atoms with Gasteiger partial charge in [-0.15, -0.1) is 0 Å². The Morgan fingerprint density at radius 1 is 1.47 bits per heavy atom. The first-order valence-electron chi connectivity index (χ1n) is 5.86. The summed E-state index contributed by atoms with van der Waals surface area (Å²) in [7, 11) is 0. The highest BCUT2D eigenvalue weighted by molar-refractivity contribution is 9.10. The van der Waals surface area contributed by atoms with E-state index in [4.69, 9.17) is 10.5 Å². The first-order valence-corrected chi connectivity index (χ1v) is 6.66. The van der Waals surface area contributed by atoms with Crippen molar-refractivity contribution in [2.75, 3.05) is 25.4 Å². The third kappa shape index (κ3) is 3.44. The van der Waals surface area contributed by atoms with Gasteiger partial charge in [0.25, 0.3) is 0 Å². The number of nitrogens with zero attached hydrogens (tertiary/aromatic N) is 1. The summed E-state index contributed by atoms with van der Waals surface area (Å²) in [6.07, 6.45) is 0. The van der Waals surface area contributed by atoms with Crippen LogP contribution in [0.15, 0.2) is 22.7 Å². The smallest absolute Gasteiger partial charge is 0.0753 e. The number of hydrogen-bond acceptors (Lipinski definition) is 3. The quantitative estimate of drug-likeness (QED) is 0.853. The Kier molecular flexibility index (Phi) is 3.76. The van der Waals surface area contributed by atoms with Gasteiger partial charge in [-0.05, 0) is 31.5 Å². The molecule has 0 bridgehead atoms. The fourth-order valence-electron chi connectivity index (χ4n) is 2.20. The van der Waals surface area contributed by atoms with Crippen LogP contribution in [-0.4, -0.2) is 30.2 Å². The summed E-state index contributed by atoms with van der Waals surface area (Å²) in [5, 5.41) is 0. The first kappa shape index (κ1) is 12.9. The van der Waals surface area contributed by atoms with Gasteiger partial charge in [-0.1, -0.05) is 22.0 Å². The average Bonchev–Trinajstić information content (AvgIpc) is 2.21. The number of nitrogen functional groups attached to an aromatic ring is 1. The summed E-state index contributed by atoms with van der Waals surface area (Å²) in [6.45, 7) is 7.87. The van der Waals surface area contributed by atoms with Crippen LogP contribution in [0.3, 0.4) is 0 Å². The topological polar surface area (TPSA) is 38.5 Å². The molecular formula is C13H19BrN2O. The van der Waals surface area contributed by atoms with Crippen molar-refractivity contribution in [2.45, 2.75) is 26.0 Å². The summed E-state index contributed by atoms with van der Waals surface area (Å²) in [5.74, 6) is 0. The number of morpholine rings is 1. The van der Waals surface area contributed by atoms with E-state index in [2.05, 4.69) is 40.7 Å². The Morgan fingerprint density at radius 2 is 2.24 bits per heavy atom. The highest BCUT2D eigenvalue weighted by Crippen LogP contribution is 2.23. The molecule has 1 saturated heterocycles. The van der Waals surface area contributed by atoms with Crippen LogP contribution >= 0.6 is 15.9 Å². The molecule has 3 nitrogen and oxygen atoms in total. The second-order valence-corrected chi connectivity index (χ2v) is 6.08. The van der Waals surface area contributed by atoms with Crippen molar-refractivity contribution < 1.29 is 4.74 Å². The van der Waals surface area contributed by atoms with Gasteiger partial charge in [0.05, 0.1) is 12.2 Å². The summed E-state index contributed by atoms with van der Waals surface area (Å²) < 4.78 is 6.73. The Morgan fingerprint density at radius 3 is 2.88 bits per heavy atom. The van der Waals surface area contributed by atoms with E-state index in [0.717, 1.165) is 36.4 Å². The van der Waals surface area contributed by atoms with Crippen LogP contribution in [0, 0.1) is 0 Å². The molecule has 2 N–H and O–H groups in total.